The molecule has 0 N–H and O–H groups in total. The minimum Gasteiger partial charge on any atom is -0.309 e. The first kappa shape index (κ1) is 33.2. The number of hydrogen-bond donors (Lipinski definition) is 0. The molecular formula is C55H34N4. The van der Waals surface area contributed by atoms with Gasteiger partial charge in [0, 0.05) is 49.3 Å². The molecule has 0 atom stereocenters. The zero-order valence-corrected chi connectivity index (χ0v) is 31.9. The minimum absolute atomic E-state index is 0.710. The first-order chi connectivity index (χ1) is 29.2. The third kappa shape index (κ3) is 5.42. The molecule has 0 saturated heterocycles. The van der Waals surface area contributed by atoms with Crippen molar-refractivity contribution >= 4 is 65.2 Å². The van der Waals surface area contributed by atoms with Gasteiger partial charge in [-0.3, -0.25) is 0 Å². The van der Waals surface area contributed by atoms with Gasteiger partial charge in [0.2, 0.25) is 0 Å². The molecule has 0 fully saturated rings. The highest BCUT2D eigenvalue weighted by Crippen LogP contribution is 2.40. The predicted octanol–water partition coefficient (Wildman–Crippen LogP) is 14.2. The van der Waals surface area contributed by atoms with E-state index in [9.17, 15) is 0 Å². The van der Waals surface area contributed by atoms with Gasteiger partial charge < -0.3 is 4.57 Å². The van der Waals surface area contributed by atoms with Crippen LogP contribution in [-0.4, -0.2) is 19.5 Å². The number of para-hydroxylation sites is 2. The van der Waals surface area contributed by atoms with Crippen LogP contribution in [0.25, 0.3) is 116 Å². The molecule has 4 heteroatoms. The summed E-state index contributed by atoms with van der Waals surface area (Å²) in [5, 5.41) is 9.27. The summed E-state index contributed by atoms with van der Waals surface area (Å²) >= 11 is 0. The Kier molecular flexibility index (Phi) is 7.50. The lowest BCUT2D eigenvalue weighted by Crippen LogP contribution is -1.96. The quantitative estimate of drug-likeness (QED) is 0.165. The van der Waals surface area contributed by atoms with Gasteiger partial charge in [0.05, 0.1) is 33.5 Å². The van der Waals surface area contributed by atoms with Gasteiger partial charge in [-0.05, 0) is 63.7 Å². The van der Waals surface area contributed by atoms with Crippen molar-refractivity contribution in [2.24, 2.45) is 0 Å². The summed E-state index contributed by atoms with van der Waals surface area (Å²) in [6.07, 6.45) is 0. The maximum atomic E-state index is 5.34. The maximum absolute atomic E-state index is 5.34. The Morgan fingerprint density at radius 3 is 1.78 bits per heavy atom. The van der Waals surface area contributed by atoms with Crippen LogP contribution in [0.5, 0.6) is 0 Å². The van der Waals surface area contributed by atoms with E-state index in [1.165, 1.54) is 26.9 Å². The van der Waals surface area contributed by atoms with E-state index in [1.54, 1.807) is 0 Å². The number of hydrogen-bond acceptors (Lipinski definition) is 3. The fourth-order valence-corrected chi connectivity index (χ4v) is 8.97. The molecule has 3 heterocycles. The van der Waals surface area contributed by atoms with E-state index in [0.29, 0.717) is 5.82 Å². The molecule has 0 aliphatic heterocycles. The van der Waals surface area contributed by atoms with Gasteiger partial charge >= 0.3 is 0 Å². The van der Waals surface area contributed by atoms with Crippen LogP contribution in [0.2, 0.25) is 0 Å². The number of nitrogens with zero attached hydrogens (tertiary/aromatic N) is 4. The first-order valence-corrected chi connectivity index (χ1v) is 20.0. The number of fused-ring (bicyclic) bond motifs is 8. The Hall–Kier alpha value is -7.95. The van der Waals surface area contributed by atoms with Crippen molar-refractivity contribution in [2.45, 2.75) is 0 Å². The standard InChI is InChI=1S/C55H34N4/c1-3-15-37(16-4-1)53-45-22-10-9-21-42(45)47-34-52-48(33-50(47)56-53)43-31-30-39(32-51(43)59(52)40-18-5-2-6-19-40)35-26-28-38(29-27-35)55-57-49-25-12-11-23-46(49)54(58-55)44-24-13-17-36-14-7-8-20-41(36)44/h1-34H. The zero-order chi connectivity index (χ0) is 38.9. The van der Waals surface area contributed by atoms with E-state index in [4.69, 9.17) is 15.0 Å². The third-order valence-electron chi connectivity index (χ3n) is 11.8. The summed E-state index contributed by atoms with van der Waals surface area (Å²) in [6.45, 7) is 0. The first-order valence-electron chi connectivity index (χ1n) is 20.0. The highest BCUT2D eigenvalue weighted by atomic mass is 15.0. The number of aromatic nitrogens is 4. The lowest BCUT2D eigenvalue weighted by molar-refractivity contribution is 1.18. The molecule has 0 saturated carbocycles. The second-order valence-corrected chi connectivity index (χ2v) is 15.2. The lowest BCUT2D eigenvalue weighted by atomic mass is 9.98. The fourth-order valence-electron chi connectivity index (χ4n) is 8.97. The van der Waals surface area contributed by atoms with E-state index in [1.807, 2.05) is 6.07 Å². The van der Waals surface area contributed by atoms with Crippen molar-refractivity contribution in [1.82, 2.24) is 19.5 Å². The molecule has 0 unspecified atom stereocenters. The monoisotopic (exact) mass is 750 g/mol. The largest absolute Gasteiger partial charge is 0.309 e. The lowest BCUT2D eigenvalue weighted by Gasteiger charge is -2.12. The van der Waals surface area contributed by atoms with Gasteiger partial charge in [-0.15, -0.1) is 0 Å². The van der Waals surface area contributed by atoms with Gasteiger partial charge in [-0.25, -0.2) is 15.0 Å². The van der Waals surface area contributed by atoms with Crippen molar-refractivity contribution in [1.29, 1.82) is 0 Å². The minimum atomic E-state index is 0.710. The Morgan fingerprint density at radius 1 is 0.305 bits per heavy atom. The molecule has 0 spiro atoms. The molecule has 0 amide bonds. The van der Waals surface area contributed by atoms with Crippen LogP contribution < -0.4 is 0 Å². The Labute approximate surface area is 340 Å². The average Bonchev–Trinajstić information content (AvgIpc) is 3.63. The average molecular weight is 751 g/mol. The van der Waals surface area contributed by atoms with Gasteiger partial charge in [-0.2, -0.15) is 0 Å². The zero-order valence-electron chi connectivity index (χ0n) is 31.9. The highest BCUT2D eigenvalue weighted by molar-refractivity contribution is 6.19. The smallest absolute Gasteiger partial charge is 0.160 e. The third-order valence-corrected chi connectivity index (χ3v) is 11.8. The summed E-state index contributed by atoms with van der Waals surface area (Å²) in [6, 6.07) is 73.2. The molecule has 3 aromatic heterocycles. The molecule has 12 aromatic rings. The molecule has 12 rings (SSSR count). The summed E-state index contributed by atoms with van der Waals surface area (Å²) in [5.74, 6) is 0.710. The van der Waals surface area contributed by atoms with Crippen molar-refractivity contribution in [2.75, 3.05) is 0 Å². The number of benzene rings is 9. The molecular weight excluding hydrogens is 717 g/mol. The molecule has 274 valence electrons. The highest BCUT2D eigenvalue weighted by Gasteiger charge is 2.19. The normalized spacial score (nSPS) is 11.7. The van der Waals surface area contributed by atoms with E-state index in [0.717, 1.165) is 83.1 Å². The van der Waals surface area contributed by atoms with Gasteiger partial charge in [0.15, 0.2) is 5.82 Å². The maximum Gasteiger partial charge on any atom is 0.160 e. The van der Waals surface area contributed by atoms with Crippen molar-refractivity contribution in [3.05, 3.63) is 206 Å². The summed E-state index contributed by atoms with van der Waals surface area (Å²) in [4.78, 5) is 15.7. The van der Waals surface area contributed by atoms with Crippen molar-refractivity contribution < 1.29 is 0 Å². The van der Waals surface area contributed by atoms with Gasteiger partial charge in [0.1, 0.15) is 0 Å². The van der Waals surface area contributed by atoms with Gasteiger partial charge in [-0.1, -0.05) is 170 Å². The van der Waals surface area contributed by atoms with Crippen LogP contribution in [0.3, 0.4) is 0 Å². The topological polar surface area (TPSA) is 43.6 Å². The Morgan fingerprint density at radius 2 is 0.949 bits per heavy atom. The second-order valence-electron chi connectivity index (χ2n) is 15.2. The van der Waals surface area contributed by atoms with Crippen LogP contribution in [-0.2, 0) is 0 Å². The number of pyridine rings is 1. The summed E-state index contributed by atoms with van der Waals surface area (Å²) < 4.78 is 2.40. The van der Waals surface area contributed by atoms with E-state index >= 15 is 0 Å². The van der Waals surface area contributed by atoms with Crippen LogP contribution in [0.1, 0.15) is 0 Å². The van der Waals surface area contributed by atoms with E-state index in [2.05, 4.69) is 205 Å². The molecule has 0 aliphatic rings. The van der Waals surface area contributed by atoms with Crippen LogP contribution in [0, 0.1) is 0 Å². The molecule has 0 radical (unpaired) electrons. The van der Waals surface area contributed by atoms with Gasteiger partial charge in [0.25, 0.3) is 0 Å². The van der Waals surface area contributed by atoms with E-state index < -0.39 is 0 Å². The fraction of sp³-hybridized carbons (Fsp3) is 0. The van der Waals surface area contributed by atoms with Crippen molar-refractivity contribution in [3.63, 3.8) is 0 Å². The second kappa shape index (κ2) is 13.3. The molecule has 0 aliphatic carbocycles. The Bertz CT molecular complexity index is 3580. The molecule has 9 aromatic carbocycles. The Balaban J connectivity index is 1.01. The van der Waals surface area contributed by atoms with E-state index in [-0.39, 0.29) is 0 Å². The van der Waals surface area contributed by atoms with Crippen molar-refractivity contribution in [3.8, 4) is 50.7 Å². The summed E-state index contributed by atoms with van der Waals surface area (Å²) in [7, 11) is 0. The summed E-state index contributed by atoms with van der Waals surface area (Å²) in [5.41, 5.74) is 12.7. The predicted molar refractivity (Wildman–Crippen MR) is 246 cm³/mol. The number of rotatable bonds is 5. The molecule has 4 nitrogen and oxygen atoms in total. The molecule has 59 heavy (non-hydrogen) atoms. The molecule has 0 bridgehead atoms. The SMILES string of the molecule is c1ccc(-c2nc3cc4c5ccc(-c6ccc(-c7nc(-c8cccc9ccccc89)c8ccccc8n7)cc6)cc5n(-c5ccccc5)c4cc3c3ccccc23)cc1. The van der Waals surface area contributed by atoms with Crippen LogP contribution >= 0.6 is 0 Å². The van der Waals surface area contributed by atoms with Crippen LogP contribution in [0.4, 0.5) is 0 Å². The van der Waals surface area contributed by atoms with Crippen LogP contribution in [0.15, 0.2) is 206 Å².